The lowest BCUT2D eigenvalue weighted by atomic mass is 9.91. The van der Waals surface area contributed by atoms with Gasteiger partial charge in [0, 0.05) is 6.04 Å². The van der Waals surface area contributed by atoms with Gasteiger partial charge in [0.15, 0.2) is 0 Å². The second-order valence-electron chi connectivity index (χ2n) is 5.43. The van der Waals surface area contributed by atoms with Crippen molar-refractivity contribution in [1.82, 2.24) is 0 Å². The van der Waals surface area contributed by atoms with E-state index < -0.39 is 0 Å². The van der Waals surface area contributed by atoms with Crippen LogP contribution < -0.4 is 10.5 Å². The molecule has 0 amide bonds. The van der Waals surface area contributed by atoms with Gasteiger partial charge in [-0.3, -0.25) is 0 Å². The number of nitrogens with two attached hydrogens (primary N) is 1. The third-order valence-electron chi connectivity index (χ3n) is 3.74. The minimum atomic E-state index is -0.00750. The summed E-state index contributed by atoms with van der Waals surface area (Å²) < 4.78 is 5.41. The first-order valence-electron chi connectivity index (χ1n) is 6.98. The van der Waals surface area contributed by atoms with Crippen molar-refractivity contribution in [3.05, 3.63) is 64.2 Å². The number of hydrogen-bond acceptors (Lipinski definition) is 2. The summed E-state index contributed by atoms with van der Waals surface area (Å²) in [5, 5.41) is 0. The monoisotopic (exact) mass is 269 g/mol. The molecule has 106 valence electrons. The van der Waals surface area contributed by atoms with Crippen LogP contribution in [0.15, 0.2) is 36.4 Å². The lowest BCUT2D eigenvalue weighted by molar-refractivity contribution is 0.408. The maximum Gasteiger partial charge on any atom is 0.122 e. The fourth-order valence-corrected chi connectivity index (χ4v) is 2.99. The maximum atomic E-state index is 6.45. The van der Waals surface area contributed by atoms with Gasteiger partial charge in [0.05, 0.1) is 7.11 Å². The summed E-state index contributed by atoms with van der Waals surface area (Å²) >= 11 is 0. The van der Waals surface area contributed by atoms with Crippen LogP contribution in [-0.2, 0) is 6.42 Å². The molecule has 2 aromatic carbocycles. The van der Waals surface area contributed by atoms with E-state index in [9.17, 15) is 0 Å². The molecule has 2 rings (SSSR count). The number of hydrogen-bond donors (Lipinski definition) is 1. The Labute approximate surface area is 121 Å². The highest BCUT2D eigenvalue weighted by Gasteiger charge is 2.15. The SMILES string of the molecule is COc1ccccc1CC(N)c1c(C)cc(C)cc1C. The van der Waals surface area contributed by atoms with Crippen molar-refractivity contribution in [2.24, 2.45) is 5.73 Å². The van der Waals surface area contributed by atoms with E-state index in [0.29, 0.717) is 0 Å². The summed E-state index contributed by atoms with van der Waals surface area (Å²) in [5.74, 6) is 0.908. The highest BCUT2D eigenvalue weighted by molar-refractivity contribution is 5.41. The summed E-state index contributed by atoms with van der Waals surface area (Å²) in [5.41, 5.74) is 12.7. The summed E-state index contributed by atoms with van der Waals surface area (Å²) in [6.07, 6.45) is 0.786. The molecule has 0 heterocycles. The van der Waals surface area contributed by atoms with Gasteiger partial charge in [-0.15, -0.1) is 0 Å². The van der Waals surface area contributed by atoms with Gasteiger partial charge in [0.1, 0.15) is 5.75 Å². The molecule has 0 fully saturated rings. The van der Waals surface area contributed by atoms with Crippen molar-refractivity contribution in [2.75, 3.05) is 7.11 Å². The minimum absolute atomic E-state index is 0.00750. The Morgan fingerprint density at radius 3 is 2.25 bits per heavy atom. The zero-order valence-electron chi connectivity index (χ0n) is 12.7. The average molecular weight is 269 g/mol. The number of methoxy groups -OCH3 is 1. The molecule has 2 N–H and O–H groups in total. The van der Waals surface area contributed by atoms with E-state index in [0.717, 1.165) is 17.7 Å². The van der Waals surface area contributed by atoms with Crippen molar-refractivity contribution in [3.8, 4) is 5.75 Å². The van der Waals surface area contributed by atoms with Crippen LogP contribution in [0.5, 0.6) is 5.75 Å². The van der Waals surface area contributed by atoms with Crippen LogP contribution in [0, 0.1) is 20.8 Å². The summed E-state index contributed by atoms with van der Waals surface area (Å²) in [6.45, 7) is 6.39. The highest BCUT2D eigenvalue weighted by atomic mass is 16.5. The molecule has 0 aliphatic carbocycles. The van der Waals surface area contributed by atoms with E-state index in [1.165, 1.54) is 22.3 Å². The van der Waals surface area contributed by atoms with E-state index in [1.807, 2.05) is 18.2 Å². The molecular weight excluding hydrogens is 246 g/mol. The average Bonchev–Trinajstić information content (AvgIpc) is 2.38. The van der Waals surface area contributed by atoms with E-state index in [4.69, 9.17) is 10.5 Å². The van der Waals surface area contributed by atoms with Gasteiger partial charge in [0.2, 0.25) is 0 Å². The van der Waals surface area contributed by atoms with Gasteiger partial charge in [0.25, 0.3) is 0 Å². The highest BCUT2D eigenvalue weighted by Crippen LogP contribution is 2.27. The molecule has 2 heteroatoms. The van der Waals surface area contributed by atoms with Crippen LogP contribution in [0.25, 0.3) is 0 Å². The lowest BCUT2D eigenvalue weighted by Gasteiger charge is -2.19. The van der Waals surface area contributed by atoms with Crippen LogP contribution in [-0.4, -0.2) is 7.11 Å². The van der Waals surface area contributed by atoms with Gasteiger partial charge in [-0.1, -0.05) is 35.9 Å². The third-order valence-corrected chi connectivity index (χ3v) is 3.74. The van der Waals surface area contributed by atoms with Gasteiger partial charge < -0.3 is 10.5 Å². The van der Waals surface area contributed by atoms with Crippen molar-refractivity contribution in [3.63, 3.8) is 0 Å². The molecule has 0 saturated carbocycles. The fraction of sp³-hybridized carbons (Fsp3) is 0.333. The largest absolute Gasteiger partial charge is 0.496 e. The van der Waals surface area contributed by atoms with Gasteiger partial charge in [-0.25, -0.2) is 0 Å². The summed E-state index contributed by atoms with van der Waals surface area (Å²) in [7, 11) is 1.70. The zero-order valence-corrected chi connectivity index (χ0v) is 12.7. The van der Waals surface area contributed by atoms with Gasteiger partial charge >= 0.3 is 0 Å². The molecule has 0 aliphatic heterocycles. The van der Waals surface area contributed by atoms with Crippen LogP contribution in [0.2, 0.25) is 0 Å². The Kier molecular flexibility index (Phi) is 4.46. The van der Waals surface area contributed by atoms with E-state index in [-0.39, 0.29) is 6.04 Å². The van der Waals surface area contributed by atoms with E-state index in [2.05, 4.69) is 39.0 Å². The minimum Gasteiger partial charge on any atom is -0.496 e. The molecule has 0 saturated heterocycles. The topological polar surface area (TPSA) is 35.2 Å². The molecule has 0 bridgehead atoms. The summed E-state index contributed by atoms with van der Waals surface area (Å²) in [6, 6.07) is 12.5. The van der Waals surface area contributed by atoms with Crippen LogP contribution in [0.1, 0.15) is 33.9 Å². The van der Waals surface area contributed by atoms with E-state index >= 15 is 0 Å². The molecule has 20 heavy (non-hydrogen) atoms. The molecule has 2 nitrogen and oxygen atoms in total. The Bertz CT molecular complexity index is 581. The van der Waals surface area contributed by atoms with Crippen molar-refractivity contribution < 1.29 is 4.74 Å². The number of para-hydroxylation sites is 1. The van der Waals surface area contributed by atoms with Gasteiger partial charge in [-0.2, -0.15) is 0 Å². The standard InChI is InChI=1S/C18H23NO/c1-12-9-13(2)18(14(3)10-12)16(19)11-15-7-5-6-8-17(15)20-4/h5-10,16H,11,19H2,1-4H3. The lowest BCUT2D eigenvalue weighted by Crippen LogP contribution is -2.16. The Morgan fingerprint density at radius 1 is 1.05 bits per heavy atom. The molecule has 1 atom stereocenters. The summed E-state index contributed by atoms with van der Waals surface area (Å²) in [4.78, 5) is 0. The van der Waals surface area contributed by atoms with Crippen molar-refractivity contribution in [2.45, 2.75) is 33.2 Å². The second-order valence-corrected chi connectivity index (χ2v) is 5.43. The molecule has 0 radical (unpaired) electrons. The zero-order chi connectivity index (χ0) is 14.7. The molecule has 0 aliphatic rings. The number of rotatable bonds is 4. The first kappa shape index (κ1) is 14.6. The number of ether oxygens (including phenoxy) is 1. The molecule has 2 aromatic rings. The van der Waals surface area contributed by atoms with Crippen LogP contribution >= 0.6 is 0 Å². The Hall–Kier alpha value is -1.80. The number of aryl methyl sites for hydroxylation is 3. The molecule has 1 unspecified atom stereocenters. The number of benzene rings is 2. The van der Waals surface area contributed by atoms with Crippen molar-refractivity contribution >= 4 is 0 Å². The predicted octanol–water partition coefficient (Wildman–Crippen LogP) is 3.86. The maximum absolute atomic E-state index is 6.45. The van der Waals surface area contributed by atoms with E-state index in [1.54, 1.807) is 7.11 Å². The fourth-order valence-electron chi connectivity index (χ4n) is 2.99. The normalized spacial score (nSPS) is 12.2. The van der Waals surface area contributed by atoms with Gasteiger partial charge in [-0.05, 0) is 55.5 Å². The smallest absolute Gasteiger partial charge is 0.122 e. The Balaban J connectivity index is 2.31. The van der Waals surface area contributed by atoms with Crippen LogP contribution in [0.4, 0.5) is 0 Å². The third kappa shape index (κ3) is 3.02. The molecular formula is C18H23NO. The second kappa shape index (κ2) is 6.10. The van der Waals surface area contributed by atoms with Crippen molar-refractivity contribution in [1.29, 1.82) is 0 Å². The quantitative estimate of drug-likeness (QED) is 0.914. The van der Waals surface area contributed by atoms with Crippen LogP contribution in [0.3, 0.4) is 0 Å². The predicted molar refractivity (Wildman–Crippen MR) is 84.3 cm³/mol. The first-order valence-corrected chi connectivity index (χ1v) is 6.98. The first-order chi connectivity index (χ1) is 9.52. The Morgan fingerprint density at radius 2 is 1.65 bits per heavy atom. The molecule has 0 aromatic heterocycles. The molecule has 0 spiro atoms.